The molecular weight excluding hydrogens is 398 g/mol. The Labute approximate surface area is 197 Å². The lowest BCUT2D eigenvalue weighted by molar-refractivity contribution is -0.140. The largest absolute Gasteiger partial charge is 0.299 e. The highest BCUT2D eigenvalue weighted by atomic mass is 16.2. The summed E-state index contributed by atoms with van der Waals surface area (Å²) in [6.07, 6.45) is 20.5. The van der Waals surface area contributed by atoms with E-state index in [2.05, 4.69) is 13.8 Å². The highest BCUT2D eigenvalue weighted by Crippen LogP contribution is 2.33. The van der Waals surface area contributed by atoms with E-state index in [9.17, 15) is 14.4 Å². The second kappa shape index (κ2) is 15.6. The van der Waals surface area contributed by atoms with Crippen LogP contribution in [-0.2, 0) is 14.4 Å². The predicted octanol–water partition coefficient (Wildman–Crippen LogP) is 7.24. The number of imide groups is 1. The van der Waals surface area contributed by atoms with Gasteiger partial charge in [-0.25, -0.2) is 0 Å². The molecule has 0 aromatic rings. The number of likely N-dealkylation sites (tertiary alicyclic amines) is 1. The summed E-state index contributed by atoms with van der Waals surface area (Å²) in [7, 11) is 0. The molecule has 0 aromatic heterocycles. The molecule has 0 unspecified atom stereocenters. The van der Waals surface area contributed by atoms with Gasteiger partial charge in [0, 0.05) is 31.2 Å². The summed E-state index contributed by atoms with van der Waals surface area (Å²) in [6.45, 7) is 5.03. The maximum atomic E-state index is 12.8. The molecule has 32 heavy (non-hydrogen) atoms. The van der Waals surface area contributed by atoms with Gasteiger partial charge in [-0.3, -0.25) is 19.3 Å². The fourth-order valence-corrected chi connectivity index (χ4v) is 5.55. The zero-order chi connectivity index (χ0) is 23.2. The van der Waals surface area contributed by atoms with Crippen molar-refractivity contribution in [3.63, 3.8) is 0 Å². The molecule has 1 saturated carbocycles. The normalized spacial score (nSPS) is 23.8. The van der Waals surface area contributed by atoms with Crippen molar-refractivity contribution >= 4 is 17.6 Å². The first kappa shape index (κ1) is 27.1. The molecule has 1 aliphatic heterocycles. The minimum Gasteiger partial charge on any atom is -0.299 e. The third-order valence-corrected chi connectivity index (χ3v) is 7.76. The molecule has 1 aliphatic carbocycles. The van der Waals surface area contributed by atoms with Gasteiger partial charge in [-0.1, -0.05) is 84.5 Å². The predicted molar refractivity (Wildman–Crippen MR) is 131 cm³/mol. The first-order valence-corrected chi connectivity index (χ1v) is 13.9. The van der Waals surface area contributed by atoms with Crippen molar-refractivity contribution in [3.05, 3.63) is 0 Å². The van der Waals surface area contributed by atoms with Crippen molar-refractivity contribution in [3.8, 4) is 0 Å². The van der Waals surface area contributed by atoms with Crippen molar-refractivity contribution in [2.75, 3.05) is 6.54 Å². The number of rotatable bonds is 17. The highest BCUT2D eigenvalue weighted by Gasteiger charge is 2.39. The zero-order valence-electron chi connectivity index (χ0n) is 21.0. The SMILES string of the molecule is CCCCCCCCC(=O)C1CCC(CN2C(=O)C[C@@H](CCCCCCCC)C2=O)CC1. The summed E-state index contributed by atoms with van der Waals surface area (Å²) in [5.41, 5.74) is 0. The van der Waals surface area contributed by atoms with Gasteiger partial charge < -0.3 is 0 Å². The average molecular weight is 448 g/mol. The van der Waals surface area contributed by atoms with Crippen molar-refractivity contribution < 1.29 is 14.4 Å². The lowest BCUT2D eigenvalue weighted by Crippen LogP contribution is -2.37. The van der Waals surface area contributed by atoms with Gasteiger partial charge in [0.1, 0.15) is 5.78 Å². The fraction of sp³-hybridized carbons (Fsp3) is 0.893. The number of carbonyl (C=O) groups is 3. The average Bonchev–Trinajstić information content (AvgIpc) is 3.06. The van der Waals surface area contributed by atoms with Gasteiger partial charge in [-0.15, -0.1) is 0 Å². The van der Waals surface area contributed by atoms with Gasteiger partial charge in [-0.05, 0) is 44.4 Å². The van der Waals surface area contributed by atoms with Crippen LogP contribution >= 0.6 is 0 Å². The van der Waals surface area contributed by atoms with E-state index in [0.717, 1.165) is 51.4 Å². The van der Waals surface area contributed by atoms with Crippen LogP contribution in [0.25, 0.3) is 0 Å². The lowest BCUT2D eigenvalue weighted by atomic mass is 9.79. The van der Waals surface area contributed by atoms with Gasteiger partial charge in [0.25, 0.3) is 0 Å². The summed E-state index contributed by atoms with van der Waals surface area (Å²) < 4.78 is 0. The molecule has 0 bridgehead atoms. The molecule has 1 heterocycles. The molecule has 0 aromatic carbocycles. The second-order valence-corrected chi connectivity index (χ2v) is 10.5. The van der Waals surface area contributed by atoms with Crippen LogP contribution in [0.5, 0.6) is 0 Å². The molecule has 4 heteroatoms. The molecular formula is C28H49NO3. The van der Waals surface area contributed by atoms with Crippen LogP contribution in [0, 0.1) is 17.8 Å². The Hall–Kier alpha value is -1.19. The molecule has 2 amide bonds. The Morgan fingerprint density at radius 3 is 1.97 bits per heavy atom. The van der Waals surface area contributed by atoms with Crippen LogP contribution in [-0.4, -0.2) is 29.0 Å². The summed E-state index contributed by atoms with van der Waals surface area (Å²) in [5, 5.41) is 0. The number of carbonyl (C=O) groups excluding carboxylic acids is 3. The number of hydrogen-bond acceptors (Lipinski definition) is 3. The van der Waals surface area contributed by atoms with Gasteiger partial charge in [0.05, 0.1) is 0 Å². The van der Waals surface area contributed by atoms with E-state index in [1.54, 1.807) is 4.90 Å². The van der Waals surface area contributed by atoms with Gasteiger partial charge in [-0.2, -0.15) is 0 Å². The molecule has 2 rings (SSSR count). The van der Waals surface area contributed by atoms with Crippen LogP contribution in [0.15, 0.2) is 0 Å². The van der Waals surface area contributed by atoms with Crippen LogP contribution in [0.4, 0.5) is 0 Å². The first-order chi connectivity index (χ1) is 15.6. The molecule has 2 fully saturated rings. The molecule has 0 radical (unpaired) electrons. The molecule has 1 saturated heterocycles. The van der Waals surface area contributed by atoms with Crippen LogP contribution in [0.1, 0.15) is 136 Å². The van der Waals surface area contributed by atoms with Crippen molar-refractivity contribution in [1.29, 1.82) is 0 Å². The standard InChI is InChI=1S/C28H49NO3/c1-3-5-7-9-11-13-15-25-21-27(31)29(28(25)32)22-23-17-19-24(20-18-23)26(30)16-14-12-10-8-6-4-2/h23-25H,3-22H2,1-2H3/t23?,24?,25-/m1/s1. The van der Waals surface area contributed by atoms with Gasteiger partial charge >= 0.3 is 0 Å². The summed E-state index contributed by atoms with van der Waals surface area (Å²) >= 11 is 0. The maximum Gasteiger partial charge on any atom is 0.232 e. The number of Topliss-reactive ketones (excluding diaryl/α,β-unsaturated/α-hetero) is 1. The minimum absolute atomic E-state index is 0.0345. The molecule has 184 valence electrons. The Kier molecular flexibility index (Phi) is 13.2. The smallest absolute Gasteiger partial charge is 0.232 e. The molecule has 1 atom stereocenters. The maximum absolute atomic E-state index is 12.8. The topological polar surface area (TPSA) is 54.5 Å². The number of hydrogen-bond donors (Lipinski definition) is 0. The van der Waals surface area contributed by atoms with E-state index in [0.29, 0.717) is 24.7 Å². The third-order valence-electron chi connectivity index (χ3n) is 7.76. The quantitative estimate of drug-likeness (QED) is 0.174. The van der Waals surface area contributed by atoms with Crippen molar-refractivity contribution in [2.45, 2.75) is 136 Å². The Bertz CT molecular complexity index is 565. The fourth-order valence-electron chi connectivity index (χ4n) is 5.55. The monoisotopic (exact) mass is 447 g/mol. The molecule has 2 aliphatic rings. The number of nitrogens with zero attached hydrogens (tertiary/aromatic N) is 1. The summed E-state index contributed by atoms with van der Waals surface area (Å²) in [4.78, 5) is 39.4. The van der Waals surface area contributed by atoms with Crippen LogP contribution < -0.4 is 0 Å². The van der Waals surface area contributed by atoms with E-state index in [1.807, 2.05) is 0 Å². The van der Waals surface area contributed by atoms with E-state index in [1.165, 1.54) is 64.2 Å². The molecule has 0 N–H and O–H groups in total. The van der Waals surface area contributed by atoms with Crippen LogP contribution in [0.2, 0.25) is 0 Å². The van der Waals surface area contributed by atoms with Gasteiger partial charge in [0.15, 0.2) is 0 Å². The van der Waals surface area contributed by atoms with Crippen molar-refractivity contribution in [1.82, 2.24) is 4.90 Å². The molecule has 4 nitrogen and oxygen atoms in total. The summed E-state index contributed by atoms with van der Waals surface area (Å²) in [5.74, 6) is 1.08. The lowest BCUT2D eigenvalue weighted by Gasteiger charge is -2.30. The van der Waals surface area contributed by atoms with E-state index >= 15 is 0 Å². The Morgan fingerprint density at radius 1 is 0.781 bits per heavy atom. The molecule has 0 spiro atoms. The van der Waals surface area contributed by atoms with Crippen LogP contribution in [0.3, 0.4) is 0 Å². The number of unbranched alkanes of at least 4 members (excludes halogenated alkanes) is 10. The third kappa shape index (κ3) is 9.35. The van der Waals surface area contributed by atoms with E-state index in [4.69, 9.17) is 0 Å². The summed E-state index contributed by atoms with van der Waals surface area (Å²) in [6, 6.07) is 0. The van der Waals surface area contributed by atoms with E-state index < -0.39 is 0 Å². The van der Waals surface area contributed by atoms with Crippen molar-refractivity contribution in [2.24, 2.45) is 17.8 Å². The Morgan fingerprint density at radius 2 is 1.34 bits per heavy atom. The zero-order valence-corrected chi connectivity index (χ0v) is 21.0. The van der Waals surface area contributed by atoms with E-state index in [-0.39, 0.29) is 23.7 Å². The second-order valence-electron chi connectivity index (χ2n) is 10.5. The number of ketones is 1. The Balaban J connectivity index is 1.62. The number of amides is 2. The minimum atomic E-state index is -0.0797. The first-order valence-electron chi connectivity index (χ1n) is 13.9. The van der Waals surface area contributed by atoms with Gasteiger partial charge in [0.2, 0.25) is 11.8 Å². The highest BCUT2D eigenvalue weighted by molar-refractivity contribution is 6.03.